The zero-order valence-corrected chi connectivity index (χ0v) is 13.2. The van der Waals surface area contributed by atoms with E-state index in [9.17, 15) is 0 Å². The van der Waals surface area contributed by atoms with Crippen LogP contribution in [0, 0.1) is 5.92 Å². The summed E-state index contributed by atoms with van der Waals surface area (Å²) in [5.74, 6) is 0.374. The first-order valence-electron chi connectivity index (χ1n) is 7.93. The van der Waals surface area contributed by atoms with Crippen LogP contribution in [0.2, 0.25) is 0 Å². The molecule has 0 amide bonds. The van der Waals surface area contributed by atoms with Gasteiger partial charge in [-0.2, -0.15) is 0 Å². The zero-order valence-electron chi connectivity index (χ0n) is 13.2. The van der Waals surface area contributed by atoms with Gasteiger partial charge >= 0.3 is 0 Å². The topological polar surface area (TPSA) is 55.3 Å². The SMILES string of the molecule is CC1(N)C=CC=C(C2CN(Cc3ccccc3)CC2N)C=C1. The second-order valence-corrected chi connectivity index (χ2v) is 6.68. The number of hydrogen-bond donors (Lipinski definition) is 2. The van der Waals surface area contributed by atoms with E-state index in [1.54, 1.807) is 0 Å². The van der Waals surface area contributed by atoms with Gasteiger partial charge < -0.3 is 11.5 Å². The quantitative estimate of drug-likeness (QED) is 0.899. The molecule has 1 aliphatic heterocycles. The van der Waals surface area contributed by atoms with E-state index in [2.05, 4.69) is 59.5 Å². The highest BCUT2D eigenvalue weighted by Gasteiger charge is 2.32. The van der Waals surface area contributed by atoms with Crippen LogP contribution >= 0.6 is 0 Å². The highest BCUT2D eigenvalue weighted by atomic mass is 15.2. The van der Waals surface area contributed by atoms with Crippen molar-refractivity contribution in [3.05, 3.63) is 71.8 Å². The van der Waals surface area contributed by atoms with Crippen molar-refractivity contribution in [2.24, 2.45) is 17.4 Å². The van der Waals surface area contributed by atoms with Gasteiger partial charge in [-0.15, -0.1) is 0 Å². The highest BCUT2D eigenvalue weighted by molar-refractivity contribution is 5.36. The Morgan fingerprint density at radius 1 is 1.18 bits per heavy atom. The molecule has 0 radical (unpaired) electrons. The van der Waals surface area contributed by atoms with Crippen LogP contribution in [0.1, 0.15) is 12.5 Å². The van der Waals surface area contributed by atoms with Crippen LogP contribution in [0.4, 0.5) is 0 Å². The van der Waals surface area contributed by atoms with Crippen molar-refractivity contribution in [3.63, 3.8) is 0 Å². The van der Waals surface area contributed by atoms with Crippen LogP contribution in [0.15, 0.2) is 66.3 Å². The molecule has 3 rings (SSSR count). The normalized spacial score (nSPS) is 32.0. The number of nitrogens with two attached hydrogens (primary N) is 2. The molecule has 3 nitrogen and oxygen atoms in total. The predicted octanol–water partition coefficient (Wildman–Crippen LogP) is 2.22. The Morgan fingerprint density at radius 2 is 1.95 bits per heavy atom. The Morgan fingerprint density at radius 3 is 2.73 bits per heavy atom. The van der Waals surface area contributed by atoms with Crippen LogP contribution in [0.3, 0.4) is 0 Å². The van der Waals surface area contributed by atoms with Crippen molar-refractivity contribution < 1.29 is 0 Å². The maximum Gasteiger partial charge on any atom is 0.0502 e. The van der Waals surface area contributed by atoms with E-state index in [0.717, 1.165) is 19.6 Å². The van der Waals surface area contributed by atoms with Gasteiger partial charge in [0.2, 0.25) is 0 Å². The zero-order chi connectivity index (χ0) is 15.6. The molecule has 1 saturated heterocycles. The first-order valence-corrected chi connectivity index (χ1v) is 7.93. The number of hydrogen-bond acceptors (Lipinski definition) is 3. The van der Waals surface area contributed by atoms with Gasteiger partial charge in [-0.25, -0.2) is 0 Å². The lowest BCUT2D eigenvalue weighted by Gasteiger charge is -2.17. The van der Waals surface area contributed by atoms with Gasteiger partial charge in [-0.05, 0) is 18.1 Å². The minimum Gasteiger partial charge on any atom is -0.326 e. The molecule has 22 heavy (non-hydrogen) atoms. The molecular weight excluding hydrogens is 270 g/mol. The molecule has 0 aromatic heterocycles. The molecule has 1 heterocycles. The molecule has 0 bridgehead atoms. The van der Waals surface area contributed by atoms with Crippen LogP contribution < -0.4 is 11.5 Å². The number of nitrogens with zero attached hydrogens (tertiary/aromatic N) is 1. The minimum atomic E-state index is -0.370. The van der Waals surface area contributed by atoms with Crippen molar-refractivity contribution >= 4 is 0 Å². The molecule has 3 unspecified atom stereocenters. The summed E-state index contributed by atoms with van der Waals surface area (Å²) >= 11 is 0. The summed E-state index contributed by atoms with van der Waals surface area (Å²) < 4.78 is 0. The summed E-state index contributed by atoms with van der Waals surface area (Å²) in [5.41, 5.74) is 14.8. The summed E-state index contributed by atoms with van der Waals surface area (Å²) in [5, 5.41) is 0. The van der Waals surface area contributed by atoms with Gasteiger partial charge in [0.05, 0.1) is 5.54 Å². The molecule has 1 fully saturated rings. The Kier molecular flexibility index (Phi) is 4.30. The molecule has 1 aliphatic carbocycles. The molecule has 4 N–H and O–H groups in total. The summed E-state index contributed by atoms with van der Waals surface area (Å²) in [4.78, 5) is 2.44. The lowest BCUT2D eigenvalue weighted by Crippen LogP contribution is -2.31. The number of allylic oxidation sites excluding steroid dienone is 3. The number of rotatable bonds is 3. The minimum absolute atomic E-state index is 0.176. The van der Waals surface area contributed by atoms with Gasteiger partial charge in [-0.1, -0.05) is 60.7 Å². The summed E-state index contributed by atoms with van der Waals surface area (Å²) in [7, 11) is 0. The van der Waals surface area contributed by atoms with Gasteiger partial charge in [0.1, 0.15) is 0 Å². The molecule has 3 atom stereocenters. The third kappa shape index (κ3) is 3.55. The van der Waals surface area contributed by atoms with Crippen molar-refractivity contribution in [1.29, 1.82) is 0 Å². The van der Waals surface area contributed by atoms with E-state index < -0.39 is 0 Å². The van der Waals surface area contributed by atoms with E-state index >= 15 is 0 Å². The van der Waals surface area contributed by atoms with Gasteiger partial charge in [0.15, 0.2) is 0 Å². The fourth-order valence-electron chi connectivity index (χ4n) is 3.24. The van der Waals surface area contributed by atoms with E-state index in [4.69, 9.17) is 11.5 Å². The van der Waals surface area contributed by atoms with E-state index in [1.165, 1.54) is 11.1 Å². The molecule has 0 spiro atoms. The Hall–Kier alpha value is -1.68. The molecule has 3 heteroatoms. The van der Waals surface area contributed by atoms with Crippen molar-refractivity contribution in [1.82, 2.24) is 4.90 Å². The molecule has 116 valence electrons. The Labute approximate surface area is 133 Å². The average Bonchev–Trinajstić information content (AvgIpc) is 2.73. The van der Waals surface area contributed by atoms with E-state index in [1.807, 2.05) is 13.0 Å². The van der Waals surface area contributed by atoms with Crippen LogP contribution in [0.5, 0.6) is 0 Å². The van der Waals surface area contributed by atoms with Crippen LogP contribution in [-0.2, 0) is 6.54 Å². The molecule has 1 aromatic carbocycles. The fourth-order valence-corrected chi connectivity index (χ4v) is 3.24. The molecule has 1 aromatic rings. The van der Waals surface area contributed by atoms with Crippen molar-refractivity contribution in [3.8, 4) is 0 Å². The maximum absolute atomic E-state index is 6.40. The number of likely N-dealkylation sites (tertiary alicyclic amines) is 1. The highest BCUT2D eigenvalue weighted by Crippen LogP contribution is 2.27. The van der Waals surface area contributed by atoms with Crippen LogP contribution in [-0.4, -0.2) is 29.6 Å². The monoisotopic (exact) mass is 295 g/mol. The first-order chi connectivity index (χ1) is 10.5. The second-order valence-electron chi connectivity index (χ2n) is 6.68. The standard InChI is InChI=1S/C19H25N3/c1-19(21)10-5-8-16(9-11-19)17-13-22(14-18(17)20)12-15-6-3-2-4-7-15/h2-11,17-18H,12-14,20-21H2,1H3. The largest absolute Gasteiger partial charge is 0.326 e. The van der Waals surface area contributed by atoms with Crippen molar-refractivity contribution in [2.75, 3.05) is 13.1 Å². The summed E-state index contributed by atoms with van der Waals surface area (Å²) in [6.07, 6.45) is 10.5. The lowest BCUT2D eigenvalue weighted by molar-refractivity contribution is 0.321. The Bertz CT molecular complexity index is 598. The summed E-state index contributed by atoms with van der Waals surface area (Å²) in [6, 6.07) is 10.8. The second kappa shape index (κ2) is 6.21. The van der Waals surface area contributed by atoms with Crippen molar-refractivity contribution in [2.45, 2.75) is 25.0 Å². The third-order valence-electron chi connectivity index (χ3n) is 4.50. The van der Waals surface area contributed by atoms with Gasteiger partial charge in [0, 0.05) is 31.6 Å². The average molecular weight is 295 g/mol. The van der Waals surface area contributed by atoms with Gasteiger partial charge in [0.25, 0.3) is 0 Å². The lowest BCUT2D eigenvalue weighted by atomic mass is 9.93. The number of benzene rings is 1. The van der Waals surface area contributed by atoms with E-state index in [-0.39, 0.29) is 11.6 Å². The summed E-state index contributed by atoms with van der Waals surface area (Å²) in [6.45, 7) is 4.91. The third-order valence-corrected chi connectivity index (χ3v) is 4.50. The molecular formula is C19H25N3. The smallest absolute Gasteiger partial charge is 0.0502 e. The maximum atomic E-state index is 6.40. The predicted molar refractivity (Wildman–Crippen MR) is 92.1 cm³/mol. The molecule has 2 aliphatic rings. The Balaban J connectivity index is 1.69. The molecule has 0 saturated carbocycles. The first kappa shape index (κ1) is 15.2. The van der Waals surface area contributed by atoms with Gasteiger partial charge in [-0.3, -0.25) is 4.90 Å². The van der Waals surface area contributed by atoms with Crippen LogP contribution in [0.25, 0.3) is 0 Å². The fraction of sp³-hybridized carbons (Fsp3) is 0.368. The van der Waals surface area contributed by atoms with E-state index in [0.29, 0.717) is 5.92 Å².